The van der Waals surface area contributed by atoms with E-state index in [9.17, 15) is 19.5 Å². The van der Waals surface area contributed by atoms with Gasteiger partial charge >= 0.3 is 12.1 Å². The van der Waals surface area contributed by atoms with Crippen LogP contribution in [-0.2, 0) is 20.7 Å². The van der Waals surface area contributed by atoms with Gasteiger partial charge in [0.25, 0.3) is 0 Å². The summed E-state index contributed by atoms with van der Waals surface area (Å²) in [4.78, 5) is 48.2. The van der Waals surface area contributed by atoms with E-state index < -0.39 is 48.4 Å². The number of alkyl carbamates (subject to hydrolysis) is 1. The second-order valence-corrected chi connectivity index (χ2v) is 14.8. The van der Waals surface area contributed by atoms with E-state index in [1.807, 2.05) is 36.2 Å². The molecule has 0 spiro atoms. The van der Waals surface area contributed by atoms with Crippen molar-refractivity contribution >= 4 is 28.9 Å². The number of amides is 2. The lowest BCUT2D eigenvalue weighted by Gasteiger charge is -2.34. The number of fused-ring (bicyclic) bond motifs is 5. The van der Waals surface area contributed by atoms with Gasteiger partial charge in [0.1, 0.15) is 42.3 Å². The third kappa shape index (κ3) is 7.59. The Hall–Kier alpha value is -3.67. The lowest BCUT2D eigenvalue weighted by Crippen LogP contribution is -2.55. The van der Waals surface area contributed by atoms with E-state index in [1.165, 1.54) is 4.90 Å². The summed E-state index contributed by atoms with van der Waals surface area (Å²) in [5, 5.41) is 14.0. The molecule has 11 nitrogen and oxygen atoms in total. The van der Waals surface area contributed by atoms with E-state index in [2.05, 4.69) is 5.32 Å². The van der Waals surface area contributed by atoms with Crippen LogP contribution in [0.5, 0.6) is 11.6 Å². The molecule has 7 rings (SSSR count). The van der Waals surface area contributed by atoms with Gasteiger partial charge < -0.3 is 34.4 Å². The van der Waals surface area contributed by atoms with Crippen LogP contribution in [0.3, 0.4) is 0 Å². The molecule has 2 bridgehead atoms. The van der Waals surface area contributed by atoms with E-state index in [4.69, 9.17) is 19.2 Å². The molecule has 3 aliphatic heterocycles. The molecule has 2 amide bonds. The van der Waals surface area contributed by atoms with Crippen molar-refractivity contribution in [3.05, 3.63) is 29.8 Å². The summed E-state index contributed by atoms with van der Waals surface area (Å²) in [5.41, 5.74) is 1.39. The summed E-state index contributed by atoms with van der Waals surface area (Å²) in [6, 6.07) is 5.61. The number of para-hydroxylation sites is 1. The Kier molecular flexibility index (Phi) is 10.1. The molecule has 12 heteroatoms. The SMILES string of the molecule is CN1CC[C@@H](Oc2c3c(nc4ccccc24)O[C@@H]2C[C@@H](C(=O)O)N(C2)C(=O)[C@H](C2CCCCC2)NC(=O)O[C@@H]2C[C@H]2CCCCC3)[C@@H](F)C1. The molecule has 1 aromatic heterocycles. The molecule has 266 valence electrons. The van der Waals surface area contributed by atoms with Crippen molar-refractivity contribution in [1.82, 2.24) is 20.1 Å². The summed E-state index contributed by atoms with van der Waals surface area (Å²) in [7, 11) is 1.91. The number of aromatic nitrogens is 1. The number of pyridine rings is 1. The van der Waals surface area contributed by atoms with Crippen LogP contribution in [0.1, 0.15) is 82.6 Å². The zero-order valence-electron chi connectivity index (χ0n) is 28.4. The summed E-state index contributed by atoms with van der Waals surface area (Å²) >= 11 is 0. The first-order valence-corrected chi connectivity index (χ1v) is 18.3. The lowest BCUT2D eigenvalue weighted by molar-refractivity contribution is -0.149. The van der Waals surface area contributed by atoms with Gasteiger partial charge in [0.15, 0.2) is 0 Å². The Morgan fingerprint density at radius 1 is 0.980 bits per heavy atom. The molecule has 2 saturated heterocycles. The number of hydrogen-bond donors (Lipinski definition) is 2. The molecule has 4 fully saturated rings. The van der Waals surface area contributed by atoms with E-state index in [0.29, 0.717) is 36.5 Å². The largest absolute Gasteiger partial charge is 0.486 e. The molecular weight excluding hydrogens is 631 g/mol. The van der Waals surface area contributed by atoms with Crippen LogP contribution in [0.2, 0.25) is 0 Å². The molecule has 2 N–H and O–H groups in total. The number of carbonyl (C=O) groups is 3. The zero-order valence-corrected chi connectivity index (χ0v) is 28.4. The second-order valence-electron chi connectivity index (χ2n) is 14.8. The smallest absolute Gasteiger partial charge is 0.408 e. The fraction of sp³-hybridized carbons (Fsp3) is 0.676. The Bertz CT molecular complexity index is 1540. The molecule has 4 heterocycles. The third-order valence-corrected chi connectivity index (χ3v) is 11.2. The van der Waals surface area contributed by atoms with Gasteiger partial charge in [0.2, 0.25) is 11.8 Å². The Morgan fingerprint density at radius 2 is 1.73 bits per heavy atom. The molecule has 0 radical (unpaired) electrons. The van der Waals surface area contributed by atoms with E-state index >= 15 is 4.39 Å². The minimum Gasteiger partial charge on any atom is -0.486 e. The first-order chi connectivity index (χ1) is 23.7. The van der Waals surface area contributed by atoms with Crippen molar-refractivity contribution < 1.29 is 38.1 Å². The number of benzene rings is 1. The third-order valence-electron chi connectivity index (χ3n) is 11.2. The molecule has 5 aliphatic rings. The predicted molar refractivity (Wildman–Crippen MR) is 179 cm³/mol. The predicted octanol–water partition coefficient (Wildman–Crippen LogP) is 5.27. The van der Waals surface area contributed by atoms with Gasteiger partial charge in [-0.15, -0.1) is 0 Å². The van der Waals surface area contributed by atoms with Crippen LogP contribution in [0, 0.1) is 11.8 Å². The fourth-order valence-corrected chi connectivity index (χ4v) is 8.37. The Morgan fingerprint density at radius 3 is 2.51 bits per heavy atom. The van der Waals surface area contributed by atoms with Crippen molar-refractivity contribution in [1.29, 1.82) is 0 Å². The van der Waals surface area contributed by atoms with Crippen LogP contribution in [0.4, 0.5) is 9.18 Å². The van der Waals surface area contributed by atoms with Gasteiger partial charge in [-0.2, -0.15) is 0 Å². The molecular formula is C37H49FN4O7. The number of aliphatic carboxylic acids is 1. The number of carbonyl (C=O) groups excluding carboxylic acids is 2. The van der Waals surface area contributed by atoms with Gasteiger partial charge in [0, 0.05) is 24.9 Å². The van der Waals surface area contributed by atoms with Crippen molar-refractivity contribution in [3.8, 4) is 11.6 Å². The summed E-state index contributed by atoms with van der Waals surface area (Å²) in [6.45, 7) is 1.05. The first kappa shape index (κ1) is 33.8. The highest BCUT2D eigenvalue weighted by Crippen LogP contribution is 2.41. The first-order valence-electron chi connectivity index (χ1n) is 18.3. The van der Waals surface area contributed by atoms with Crippen LogP contribution in [-0.4, -0.2) is 101 Å². The summed E-state index contributed by atoms with van der Waals surface area (Å²) < 4.78 is 34.3. The van der Waals surface area contributed by atoms with Crippen LogP contribution < -0.4 is 14.8 Å². The number of likely N-dealkylation sites (tertiary alicyclic amines) is 1. The summed E-state index contributed by atoms with van der Waals surface area (Å²) in [5.74, 6) is -0.435. The molecule has 7 atom stereocenters. The molecule has 49 heavy (non-hydrogen) atoms. The average molecular weight is 681 g/mol. The van der Waals surface area contributed by atoms with Gasteiger partial charge in [-0.3, -0.25) is 4.79 Å². The van der Waals surface area contributed by atoms with Gasteiger partial charge in [-0.1, -0.05) is 44.2 Å². The highest BCUT2D eigenvalue weighted by Gasteiger charge is 2.46. The summed E-state index contributed by atoms with van der Waals surface area (Å²) in [6.07, 6.45) is 6.95. The quantitative estimate of drug-likeness (QED) is 0.444. The molecule has 1 aromatic carbocycles. The monoisotopic (exact) mass is 680 g/mol. The van der Waals surface area contributed by atoms with Crippen molar-refractivity contribution in [2.24, 2.45) is 11.8 Å². The van der Waals surface area contributed by atoms with Crippen LogP contribution >= 0.6 is 0 Å². The topological polar surface area (TPSA) is 131 Å². The standard InChI is InChI=1S/C37H49FN4O7/c1-41-17-16-30(27(38)21-41)48-33-25-13-8-9-15-28(25)39-34-26(33)14-7-3-6-12-23-18-31(23)49-37(46)40-32(22-10-4-2-5-11-22)35(43)42-20-24(47-34)19-29(42)36(44)45/h8-9,13,15,22-24,27,29-32H,2-7,10-12,14,16-21H2,1H3,(H,40,46)(H,44,45)/t23-,24-,27+,29+,30-,31-,32+/m1/s1. The second kappa shape index (κ2) is 14.7. The molecule has 2 aliphatic carbocycles. The normalized spacial score (nSPS) is 32.1. The molecule has 0 unspecified atom stereocenters. The van der Waals surface area contributed by atoms with Gasteiger partial charge in [-0.05, 0) is 76.0 Å². The van der Waals surface area contributed by atoms with Crippen LogP contribution in [0.25, 0.3) is 10.9 Å². The van der Waals surface area contributed by atoms with Crippen molar-refractivity contribution in [2.45, 2.75) is 120 Å². The van der Waals surface area contributed by atoms with Gasteiger partial charge in [0.05, 0.1) is 17.6 Å². The maximum atomic E-state index is 15.4. The number of alkyl halides is 1. The highest BCUT2D eigenvalue weighted by atomic mass is 19.1. The lowest BCUT2D eigenvalue weighted by atomic mass is 9.83. The number of piperidine rings is 1. The van der Waals surface area contributed by atoms with E-state index in [1.54, 1.807) is 0 Å². The van der Waals surface area contributed by atoms with Gasteiger partial charge in [-0.25, -0.2) is 19.0 Å². The van der Waals surface area contributed by atoms with Crippen LogP contribution in [0.15, 0.2) is 24.3 Å². The number of rotatable bonds is 4. The number of carboxylic acids is 1. The Labute approximate surface area is 286 Å². The number of ether oxygens (including phenoxy) is 3. The molecule has 2 saturated carbocycles. The number of hydrogen-bond acceptors (Lipinski definition) is 8. The van der Waals surface area contributed by atoms with Crippen molar-refractivity contribution in [2.75, 3.05) is 26.7 Å². The maximum Gasteiger partial charge on any atom is 0.408 e. The van der Waals surface area contributed by atoms with E-state index in [-0.39, 0.29) is 30.9 Å². The highest BCUT2D eigenvalue weighted by molar-refractivity contribution is 5.90. The fourth-order valence-electron chi connectivity index (χ4n) is 8.37. The number of nitrogens with zero attached hydrogens (tertiary/aromatic N) is 3. The maximum absolute atomic E-state index is 15.4. The van der Waals surface area contributed by atoms with E-state index in [0.717, 1.165) is 81.7 Å². The minimum atomic E-state index is -1.15. The van der Waals surface area contributed by atoms with Crippen molar-refractivity contribution in [3.63, 3.8) is 0 Å². The number of carboxylic acid groups (broad SMARTS) is 1. The number of nitrogens with one attached hydrogen (secondary N) is 1. The Balaban J connectivity index is 1.23. The number of halogens is 1. The zero-order chi connectivity index (χ0) is 34.1. The molecule has 2 aromatic rings. The minimum absolute atomic E-state index is 0.0338. The average Bonchev–Trinajstić information content (AvgIpc) is 3.67.